The van der Waals surface area contributed by atoms with Crippen LogP contribution in [0.1, 0.15) is 12.8 Å². The number of pyridine rings is 1. The molecular formula is C10H12F2N2O. The summed E-state index contributed by atoms with van der Waals surface area (Å²) in [6, 6.07) is 0.658. The number of nitrogens with two attached hydrogens (primary N) is 1. The fourth-order valence-corrected chi connectivity index (χ4v) is 0.961. The third-order valence-corrected chi connectivity index (χ3v) is 1.72. The van der Waals surface area contributed by atoms with Gasteiger partial charge in [0, 0.05) is 6.07 Å². The Morgan fingerprint density at radius 3 is 2.87 bits per heavy atom. The van der Waals surface area contributed by atoms with Crippen molar-refractivity contribution < 1.29 is 13.5 Å². The Labute approximate surface area is 86.6 Å². The first-order valence-corrected chi connectivity index (χ1v) is 4.50. The molecule has 0 radical (unpaired) electrons. The van der Waals surface area contributed by atoms with Gasteiger partial charge in [0.2, 0.25) is 0 Å². The Kier molecular flexibility index (Phi) is 4.03. The molecule has 0 saturated carbocycles. The molecule has 0 spiro atoms. The molecule has 3 nitrogen and oxygen atoms in total. The molecule has 0 atom stereocenters. The van der Waals surface area contributed by atoms with Crippen molar-refractivity contribution in [1.29, 1.82) is 0 Å². The van der Waals surface area contributed by atoms with Gasteiger partial charge in [0.15, 0.2) is 17.5 Å². The highest BCUT2D eigenvalue weighted by Gasteiger charge is 2.10. The van der Waals surface area contributed by atoms with Gasteiger partial charge in [-0.15, -0.1) is 6.58 Å². The van der Waals surface area contributed by atoms with Crippen molar-refractivity contribution in [1.82, 2.24) is 4.98 Å². The van der Waals surface area contributed by atoms with Gasteiger partial charge in [-0.3, -0.25) is 0 Å². The molecule has 0 aliphatic carbocycles. The molecule has 1 aromatic heterocycles. The molecule has 0 amide bonds. The molecule has 15 heavy (non-hydrogen) atoms. The largest absolute Gasteiger partial charge is 0.476 e. The summed E-state index contributed by atoms with van der Waals surface area (Å²) in [4.78, 5) is 3.45. The Bertz CT molecular complexity index is 356. The predicted molar refractivity (Wildman–Crippen MR) is 53.5 cm³/mol. The minimum atomic E-state index is -0.883. The summed E-state index contributed by atoms with van der Waals surface area (Å²) < 4.78 is 30.7. The molecular weight excluding hydrogens is 202 g/mol. The first-order chi connectivity index (χ1) is 7.15. The molecule has 2 N–H and O–H groups in total. The number of rotatable bonds is 5. The summed E-state index contributed by atoms with van der Waals surface area (Å²) in [5.74, 6) is -2.36. The van der Waals surface area contributed by atoms with E-state index in [4.69, 9.17) is 10.5 Å². The number of aromatic nitrogens is 1. The fourth-order valence-electron chi connectivity index (χ4n) is 0.961. The van der Waals surface area contributed by atoms with Crippen molar-refractivity contribution in [2.45, 2.75) is 12.8 Å². The van der Waals surface area contributed by atoms with Crippen LogP contribution in [-0.2, 0) is 0 Å². The summed E-state index contributed by atoms with van der Waals surface area (Å²) in [6.45, 7) is 3.83. The molecule has 0 aliphatic heterocycles. The van der Waals surface area contributed by atoms with Crippen LogP contribution < -0.4 is 10.5 Å². The van der Waals surface area contributed by atoms with Crippen LogP contribution in [0, 0.1) is 11.6 Å². The summed E-state index contributed by atoms with van der Waals surface area (Å²) in [6.07, 6.45) is 3.19. The first kappa shape index (κ1) is 11.4. The number of ether oxygens (including phenoxy) is 1. The molecule has 1 heterocycles. The number of hydrogen-bond donors (Lipinski definition) is 1. The second-order valence-corrected chi connectivity index (χ2v) is 2.92. The van der Waals surface area contributed by atoms with Gasteiger partial charge in [0.25, 0.3) is 5.88 Å². The number of hydrogen-bond acceptors (Lipinski definition) is 3. The van der Waals surface area contributed by atoms with Crippen molar-refractivity contribution in [3.05, 3.63) is 30.4 Å². The number of nitrogen functional groups attached to an aromatic ring is 1. The van der Waals surface area contributed by atoms with E-state index in [1.165, 1.54) is 0 Å². The summed E-state index contributed by atoms with van der Waals surface area (Å²) in [5.41, 5.74) is 5.17. The highest BCUT2D eigenvalue weighted by molar-refractivity contribution is 5.34. The van der Waals surface area contributed by atoms with Crippen molar-refractivity contribution in [3.8, 4) is 5.88 Å². The quantitative estimate of drug-likeness (QED) is 0.604. The zero-order valence-corrected chi connectivity index (χ0v) is 8.17. The zero-order chi connectivity index (χ0) is 11.3. The van der Waals surface area contributed by atoms with E-state index in [9.17, 15) is 8.78 Å². The van der Waals surface area contributed by atoms with E-state index >= 15 is 0 Å². The van der Waals surface area contributed by atoms with E-state index < -0.39 is 11.6 Å². The third kappa shape index (κ3) is 3.19. The monoisotopic (exact) mass is 214 g/mol. The van der Waals surface area contributed by atoms with Crippen LogP contribution in [0.4, 0.5) is 14.6 Å². The molecule has 0 saturated heterocycles. The second-order valence-electron chi connectivity index (χ2n) is 2.92. The van der Waals surface area contributed by atoms with Crippen molar-refractivity contribution in [2.24, 2.45) is 0 Å². The maximum atomic E-state index is 13.0. The number of nitrogens with zero attached hydrogens (tertiary/aromatic N) is 1. The molecule has 0 unspecified atom stereocenters. The van der Waals surface area contributed by atoms with Gasteiger partial charge in [-0.1, -0.05) is 6.08 Å². The summed E-state index contributed by atoms with van der Waals surface area (Å²) >= 11 is 0. The predicted octanol–water partition coefficient (Wildman–Crippen LogP) is 2.29. The van der Waals surface area contributed by atoms with Gasteiger partial charge in [-0.25, -0.2) is 8.78 Å². The van der Waals surface area contributed by atoms with Crippen LogP contribution in [0.25, 0.3) is 0 Å². The number of halogens is 2. The van der Waals surface area contributed by atoms with Crippen LogP contribution in [0.15, 0.2) is 18.7 Å². The Morgan fingerprint density at radius 1 is 1.47 bits per heavy atom. The first-order valence-electron chi connectivity index (χ1n) is 4.50. The van der Waals surface area contributed by atoms with E-state index in [-0.39, 0.29) is 11.7 Å². The van der Waals surface area contributed by atoms with Gasteiger partial charge < -0.3 is 10.5 Å². The third-order valence-electron chi connectivity index (χ3n) is 1.72. The Balaban J connectivity index is 2.61. The van der Waals surface area contributed by atoms with E-state index in [2.05, 4.69) is 11.6 Å². The van der Waals surface area contributed by atoms with Crippen LogP contribution in [0.2, 0.25) is 0 Å². The molecule has 0 aromatic carbocycles. The van der Waals surface area contributed by atoms with Crippen molar-refractivity contribution in [3.63, 3.8) is 0 Å². The number of unbranched alkanes of at least 4 members (excludes halogenated alkanes) is 1. The molecule has 5 heteroatoms. The maximum Gasteiger partial charge on any atom is 0.252 e. The SMILES string of the molecule is C=CCCCOc1nc(N)c(F)cc1F. The fraction of sp³-hybridized carbons (Fsp3) is 0.300. The van der Waals surface area contributed by atoms with Gasteiger partial charge >= 0.3 is 0 Å². The summed E-state index contributed by atoms with van der Waals surface area (Å²) in [7, 11) is 0. The minimum absolute atomic E-state index is 0.266. The number of allylic oxidation sites excluding steroid dienone is 1. The van der Waals surface area contributed by atoms with Crippen LogP contribution in [-0.4, -0.2) is 11.6 Å². The average molecular weight is 214 g/mol. The van der Waals surface area contributed by atoms with E-state index in [0.717, 1.165) is 6.42 Å². The molecule has 1 rings (SSSR count). The van der Waals surface area contributed by atoms with Gasteiger partial charge in [0.1, 0.15) is 0 Å². The second kappa shape index (κ2) is 5.29. The van der Waals surface area contributed by atoms with E-state index in [1.807, 2.05) is 0 Å². The average Bonchev–Trinajstić information content (AvgIpc) is 2.20. The van der Waals surface area contributed by atoms with E-state index in [0.29, 0.717) is 19.1 Å². The normalized spacial score (nSPS) is 10.0. The minimum Gasteiger partial charge on any atom is -0.476 e. The van der Waals surface area contributed by atoms with E-state index in [1.54, 1.807) is 6.08 Å². The molecule has 1 aromatic rings. The lowest BCUT2D eigenvalue weighted by Crippen LogP contribution is -2.04. The molecule has 0 aliphatic rings. The Morgan fingerprint density at radius 2 is 2.20 bits per heavy atom. The molecule has 0 fully saturated rings. The molecule has 0 bridgehead atoms. The van der Waals surface area contributed by atoms with Gasteiger partial charge in [-0.05, 0) is 12.8 Å². The smallest absolute Gasteiger partial charge is 0.252 e. The van der Waals surface area contributed by atoms with Crippen molar-refractivity contribution in [2.75, 3.05) is 12.3 Å². The lowest BCUT2D eigenvalue weighted by molar-refractivity contribution is 0.283. The van der Waals surface area contributed by atoms with Crippen LogP contribution in [0.3, 0.4) is 0 Å². The standard InChI is InChI=1S/C10H12F2N2O/c1-2-3-4-5-15-10-8(12)6-7(11)9(13)14-10/h2,6H,1,3-5H2,(H2,13,14). The van der Waals surface area contributed by atoms with Crippen LogP contribution in [0.5, 0.6) is 5.88 Å². The topological polar surface area (TPSA) is 48.1 Å². The highest BCUT2D eigenvalue weighted by Crippen LogP contribution is 2.18. The highest BCUT2D eigenvalue weighted by atomic mass is 19.1. The zero-order valence-electron chi connectivity index (χ0n) is 8.17. The van der Waals surface area contributed by atoms with Crippen LogP contribution >= 0.6 is 0 Å². The Hall–Kier alpha value is -1.65. The maximum absolute atomic E-state index is 13.0. The number of anilines is 1. The van der Waals surface area contributed by atoms with Gasteiger partial charge in [0.05, 0.1) is 6.61 Å². The molecule has 82 valence electrons. The summed E-state index contributed by atoms with van der Waals surface area (Å²) in [5, 5.41) is 0. The van der Waals surface area contributed by atoms with Gasteiger partial charge in [-0.2, -0.15) is 4.98 Å². The lowest BCUT2D eigenvalue weighted by atomic mass is 10.3. The lowest BCUT2D eigenvalue weighted by Gasteiger charge is -2.06. The van der Waals surface area contributed by atoms with Crippen molar-refractivity contribution >= 4 is 5.82 Å².